The number of carbonyl (C=O) groups is 2. The Morgan fingerprint density at radius 3 is 2.81 bits per heavy atom. The highest BCUT2D eigenvalue weighted by molar-refractivity contribution is 7.80. The van der Waals surface area contributed by atoms with Crippen molar-refractivity contribution >= 4 is 51.4 Å². The minimum absolute atomic E-state index is 0.0291. The zero-order valence-electron chi connectivity index (χ0n) is 13.6. The maximum atomic E-state index is 12.2. The molecule has 0 atom stereocenters. The van der Waals surface area contributed by atoms with E-state index in [1.54, 1.807) is 12.3 Å². The van der Waals surface area contributed by atoms with Crippen molar-refractivity contribution in [3.8, 4) is 0 Å². The van der Waals surface area contributed by atoms with Crippen LogP contribution in [0.5, 0.6) is 0 Å². The minimum atomic E-state index is -0.710. The van der Waals surface area contributed by atoms with Gasteiger partial charge < -0.3 is 10.1 Å². The van der Waals surface area contributed by atoms with Crippen molar-refractivity contribution < 1.29 is 19.2 Å². The first-order valence-corrected chi connectivity index (χ1v) is 8.65. The number of nitrogens with one attached hydrogen (secondary N) is 2. The van der Waals surface area contributed by atoms with Crippen LogP contribution < -0.4 is 10.6 Å². The molecular formula is C15H14N4O5S2. The van der Waals surface area contributed by atoms with Crippen molar-refractivity contribution in [2.75, 3.05) is 11.9 Å². The van der Waals surface area contributed by atoms with Crippen molar-refractivity contribution in [3.63, 3.8) is 0 Å². The number of nitro benzene ring substituents is 1. The monoisotopic (exact) mass is 394 g/mol. The van der Waals surface area contributed by atoms with Gasteiger partial charge in [0.25, 0.3) is 11.6 Å². The smallest absolute Gasteiger partial charge is 0.311 e. The van der Waals surface area contributed by atoms with Crippen LogP contribution in [-0.4, -0.2) is 33.5 Å². The summed E-state index contributed by atoms with van der Waals surface area (Å²) in [6, 6.07) is 5.54. The van der Waals surface area contributed by atoms with Gasteiger partial charge in [-0.2, -0.15) is 0 Å². The summed E-state index contributed by atoms with van der Waals surface area (Å²) in [6.45, 7) is 2.00. The molecule has 1 aromatic carbocycles. The molecule has 0 aliphatic carbocycles. The van der Waals surface area contributed by atoms with Gasteiger partial charge in [-0.1, -0.05) is 12.1 Å². The van der Waals surface area contributed by atoms with Gasteiger partial charge in [-0.25, -0.2) is 4.98 Å². The second kappa shape index (κ2) is 8.97. The van der Waals surface area contributed by atoms with E-state index in [0.29, 0.717) is 10.8 Å². The molecule has 2 N–H and O–H groups in total. The molecule has 0 saturated carbocycles. The third kappa shape index (κ3) is 5.29. The lowest BCUT2D eigenvalue weighted by molar-refractivity contribution is -0.385. The van der Waals surface area contributed by atoms with Crippen molar-refractivity contribution in [2.24, 2.45) is 0 Å². The Kier molecular flexibility index (Phi) is 6.69. The van der Waals surface area contributed by atoms with Gasteiger partial charge in [-0.3, -0.25) is 25.0 Å². The van der Waals surface area contributed by atoms with Crippen LogP contribution in [0.3, 0.4) is 0 Å². The molecule has 11 heteroatoms. The average Bonchev–Trinajstić information content (AvgIpc) is 3.01. The molecule has 1 heterocycles. The molecule has 2 aromatic rings. The van der Waals surface area contributed by atoms with Crippen LogP contribution in [0.4, 0.5) is 10.8 Å². The predicted molar refractivity (Wildman–Crippen MR) is 99.2 cm³/mol. The summed E-state index contributed by atoms with van der Waals surface area (Å²) >= 11 is 6.21. The number of rotatable bonds is 6. The van der Waals surface area contributed by atoms with Crippen LogP contribution in [-0.2, 0) is 16.0 Å². The molecule has 136 valence electrons. The highest BCUT2D eigenvalue weighted by Crippen LogP contribution is 2.18. The topological polar surface area (TPSA) is 123 Å². The van der Waals surface area contributed by atoms with E-state index in [4.69, 9.17) is 17.0 Å². The Balaban J connectivity index is 1.97. The molecule has 0 aliphatic heterocycles. The summed E-state index contributed by atoms with van der Waals surface area (Å²) in [4.78, 5) is 38.1. The van der Waals surface area contributed by atoms with Gasteiger partial charge in [-0.05, 0) is 25.2 Å². The van der Waals surface area contributed by atoms with Crippen molar-refractivity contribution in [1.82, 2.24) is 10.3 Å². The first kappa shape index (κ1) is 19.4. The highest BCUT2D eigenvalue weighted by atomic mass is 32.1. The van der Waals surface area contributed by atoms with E-state index >= 15 is 0 Å². The zero-order valence-corrected chi connectivity index (χ0v) is 15.2. The van der Waals surface area contributed by atoms with Crippen LogP contribution >= 0.6 is 23.6 Å². The Hall–Kier alpha value is -2.92. The molecule has 2 rings (SSSR count). The van der Waals surface area contributed by atoms with E-state index in [0.717, 1.165) is 0 Å². The summed E-state index contributed by atoms with van der Waals surface area (Å²) in [5, 5.41) is 18.0. The van der Waals surface area contributed by atoms with Gasteiger partial charge in [0.05, 0.1) is 23.6 Å². The number of benzene rings is 1. The maximum Gasteiger partial charge on any atom is 0.311 e. The molecule has 0 unspecified atom stereocenters. The number of hydrogen-bond acceptors (Lipinski definition) is 8. The number of nitrogens with zero attached hydrogens (tertiary/aromatic N) is 2. The number of anilines is 1. The summed E-state index contributed by atoms with van der Waals surface area (Å²) in [5.74, 6) is -1.10. The van der Waals surface area contributed by atoms with Crippen molar-refractivity contribution in [2.45, 2.75) is 13.3 Å². The molecule has 0 saturated heterocycles. The van der Waals surface area contributed by atoms with Gasteiger partial charge >= 0.3 is 5.97 Å². The third-order valence-electron chi connectivity index (χ3n) is 2.98. The molecule has 26 heavy (non-hydrogen) atoms. The van der Waals surface area contributed by atoms with E-state index in [9.17, 15) is 19.7 Å². The first-order valence-electron chi connectivity index (χ1n) is 7.36. The van der Waals surface area contributed by atoms with Crippen LogP contribution in [0.25, 0.3) is 0 Å². The molecule has 0 aliphatic rings. The number of hydrogen-bond donors (Lipinski definition) is 2. The molecular weight excluding hydrogens is 380 g/mol. The second-order valence-electron chi connectivity index (χ2n) is 4.81. The molecule has 1 amide bonds. The van der Waals surface area contributed by atoms with Crippen molar-refractivity contribution in [1.29, 1.82) is 0 Å². The Bertz CT molecular complexity index is 852. The lowest BCUT2D eigenvalue weighted by atomic mass is 10.1. The number of nitro groups is 1. The fraction of sp³-hybridized carbons (Fsp3) is 0.200. The number of esters is 1. The Labute approximate surface area is 157 Å². The fourth-order valence-electron chi connectivity index (χ4n) is 1.93. The lowest BCUT2D eigenvalue weighted by Gasteiger charge is -2.07. The van der Waals surface area contributed by atoms with E-state index < -0.39 is 16.8 Å². The Morgan fingerprint density at radius 1 is 1.38 bits per heavy atom. The molecule has 1 aromatic heterocycles. The van der Waals surface area contributed by atoms with Crippen LogP contribution in [0.15, 0.2) is 29.6 Å². The maximum absolute atomic E-state index is 12.2. The highest BCUT2D eigenvalue weighted by Gasteiger charge is 2.20. The molecule has 0 fully saturated rings. The molecule has 0 radical (unpaired) electrons. The molecule has 0 bridgehead atoms. The summed E-state index contributed by atoms with van der Waals surface area (Å²) in [6.07, 6.45) is 0.0291. The summed E-state index contributed by atoms with van der Waals surface area (Å²) in [7, 11) is 0. The largest absolute Gasteiger partial charge is 0.466 e. The fourth-order valence-corrected chi connectivity index (χ4v) is 2.90. The third-order valence-corrected chi connectivity index (χ3v) is 3.99. The van der Waals surface area contributed by atoms with Gasteiger partial charge in [0.2, 0.25) is 0 Å². The standard InChI is InChI=1S/C15H14N4O5S2/c1-2-24-12(20)7-9-8-26-15(16-9)18-14(25)17-13(21)10-5-3-4-6-11(10)19(22)23/h3-6,8H,2,7H2,1H3,(H2,16,17,18,21,25). The van der Waals surface area contributed by atoms with Crippen LogP contribution in [0, 0.1) is 10.1 Å². The van der Waals surface area contributed by atoms with Gasteiger partial charge in [0.15, 0.2) is 10.2 Å². The number of carbonyl (C=O) groups excluding carboxylic acids is 2. The quantitative estimate of drug-likeness (QED) is 0.331. The lowest BCUT2D eigenvalue weighted by Crippen LogP contribution is -2.34. The second-order valence-corrected chi connectivity index (χ2v) is 6.07. The minimum Gasteiger partial charge on any atom is -0.466 e. The van der Waals surface area contributed by atoms with E-state index in [1.807, 2.05) is 0 Å². The molecule has 0 spiro atoms. The number of thiazole rings is 1. The number of amides is 1. The summed E-state index contributed by atoms with van der Waals surface area (Å²) in [5.41, 5.74) is 0.0753. The van der Waals surface area contributed by atoms with E-state index in [1.165, 1.54) is 35.6 Å². The van der Waals surface area contributed by atoms with Gasteiger partial charge in [-0.15, -0.1) is 11.3 Å². The predicted octanol–water partition coefficient (Wildman–Crippen LogP) is 2.28. The van der Waals surface area contributed by atoms with E-state index in [-0.39, 0.29) is 29.4 Å². The van der Waals surface area contributed by atoms with Crippen LogP contribution in [0.2, 0.25) is 0 Å². The van der Waals surface area contributed by atoms with Crippen molar-refractivity contribution in [3.05, 3.63) is 51.0 Å². The van der Waals surface area contributed by atoms with E-state index in [2.05, 4.69) is 15.6 Å². The van der Waals surface area contributed by atoms with Gasteiger partial charge in [0.1, 0.15) is 5.56 Å². The van der Waals surface area contributed by atoms with Crippen LogP contribution in [0.1, 0.15) is 23.0 Å². The molecule has 9 nitrogen and oxygen atoms in total. The average molecular weight is 394 g/mol. The SMILES string of the molecule is CCOC(=O)Cc1csc(NC(=S)NC(=O)c2ccccc2[N+](=O)[O-])n1. The Morgan fingerprint density at radius 2 is 2.12 bits per heavy atom. The normalized spacial score (nSPS) is 10.0. The zero-order chi connectivity index (χ0) is 19.1. The summed E-state index contributed by atoms with van der Waals surface area (Å²) < 4.78 is 4.84. The number of para-hydroxylation sites is 1. The number of thiocarbonyl (C=S) groups is 1. The number of ether oxygens (including phenoxy) is 1. The number of aromatic nitrogens is 1. The first-order chi connectivity index (χ1) is 12.4. The van der Waals surface area contributed by atoms with Gasteiger partial charge in [0, 0.05) is 11.4 Å².